The van der Waals surface area contributed by atoms with Crippen molar-refractivity contribution < 1.29 is 14.0 Å². The summed E-state index contributed by atoms with van der Waals surface area (Å²) in [5, 5.41) is 0. The van der Waals surface area contributed by atoms with Crippen LogP contribution in [0.1, 0.15) is 19.8 Å². The lowest BCUT2D eigenvalue weighted by atomic mass is 10.1. The Morgan fingerprint density at radius 2 is 2.14 bits per heavy atom. The summed E-state index contributed by atoms with van der Waals surface area (Å²) in [7, 11) is 1.22. The van der Waals surface area contributed by atoms with Gasteiger partial charge in [0.05, 0.1) is 13.2 Å². The molecule has 0 spiro atoms. The molecule has 0 aromatic heterocycles. The molecule has 0 bridgehead atoms. The fraction of sp³-hybridized carbons (Fsp3) is 0.700. The number of allylic oxidation sites excluding steroid dienone is 1. The van der Waals surface area contributed by atoms with Crippen LogP contribution in [0.15, 0.2) is 12.2 Å². The van der Waals surface area contributed by atoms with E-state index in [1.165, 1.54) is 0 Å². The SMILES string of the molecule is C=C(C)C(=O)CCC[SiH2]OCCOC. The van der Waals surface area contributed by atoms with Crippen LogP contribution in [-0.2, 0) is 14.0 Å². The van der Waals surface area contributed by atoms with Crippen molar-refractivity contribution in [3.63, 3.8) is 0 Å². The van der Waals surface area contributed by atoms with Crippen molar-refractivity contribution in [2.75, 3.05) is 20.3 Å². The minimum absolute atomic E-state index is 0.177. The summed E-state index contributed by atoms with van der Waals surface area (Å²) in [6.07, 6.45) is 1.56. The molecule has 0 fully saturated rings. The lowest BCUT2D eigenvalue weighted by Gasteiger charge is -2.02. The Labute approximate surface area is 88.4 Å². The maximum Gasteiger partial charge on any atom is 0.161 e. The topological polar surface area (TPSA) is 35.5 Å². The highest BCUT2D eigenvalue weighted by Crippen LogP contribution is 2.02. The summed E-state index contributed by atoms with van der Waals surface area (Å²) in [5.41, 5.74) is 0.659. The van der Waals surface area contributed by atoms with Gasteiger partial charge in [-0.05, 0) is 25.0 Å². The standard InChI is InChI=1S/C10H20O3Si/c1-9(2)10(11)5-4-8-14-13-7-6-12-3/h1,4-8,14H2,2-3H3. The van der Waals surface area contributed by atoms with Gasteiger partial charge < -0.3 is 9.16 Å². The monoisotopic (exact) mass is 216 g/mol. The summed E-state index contributed by atoms with van der Waals surface area (Å²) >= 11 is 0. The lowest BCUT2D eigenvalue weighted by molar-refractivity contribution is -0.115. The fourth-order valence-electron chi connectivity index (χ4n) is 0.947. The van der Waals surface area contributed by atoms with Crippen LogP contribution in [0.2, 0.25) is 6.04 Å². The quantitative estimate of drug-likeness (QED) is 0.329. The molecule has 3 nitrogen and oxygen atoms in total. The van der Waals surface area contributed by atoms with E-state index in [2.05, 4.69) is 6.58 Å². The van der Waals surface area contributed by atoms with Gasteiger partial charge in [-0.15, -0.1) is 0 Å². The van der Waals surface area contributed by atoms with Crippen LogP contribution < -0.4 is 0 Å². The third-order valence-corrected chi connectivity index (χ3v) is 3.22. The molecular weight excluding hydrogens is 196 g/mol. The average Bonchev–Trinajstić information content (AvgIpc) is 2.16. The van der Waals surface area contributed by atoms with Gasteiger partial charge >= 0.3 is 0 Å². The van der Waals surface area contributed by atoms with Crippen molar-refractivity contribution in [2.24, 2.45) is 0 Å². The van der Waals surface area contributed by atoms with E-state index in [9.17, 15) is 4.79 Å². The van der Waals surface area contributed by atoms with Gasteiger partial charge in [-0.1, -0.05) is 6.58 Å². The average molecular weight is 216 g/mol. The van der Waals surface area contributed by atoms with E-state index in [1.807, 2.05) is 0 Å². The van der Waals surface area contributed by atoms with E-state index in [4.69, 9.17) is 9.16 Å². The number of methoxy groups -OCH3 is 1. The molecule has 0 aromatic rings. The van der Waals surface area contributed by atoms with Gasteiger partial charge in [0.2, 0.25) is 0 Å². The zero-order valence-electron chi connectivity index (χ0n) is 9.17. The van der Waals surface area contributed by atoms with Gasteiger partial charge in [0.25, 0.3) is 0 Å². The minimum atomic E-state index is -0.438. The Morgan fingerprint density at radius 3 is 2.71 bits per heavy atom. The first-order chi connectivity index (χ1) is 6.68. The second kappa shape index (κ2) is 9.12. The van der Waals surface area contributed by atoms with Crippen LogP contribution in [-0.4, -0.2) is 35.9 Å². The molecule has 0 N–H and O–H groups in total. The number of hydrogen-bond acceptors (Lipinski definition) is 3. The second-order valence-corrected chi connectivity index (χ2v) is 4.79. The van der Waals surface area contributed by atoms with E-state index < -0.39 is 9.76 Å². The highest BCUT2D eigenvalue weighted by molar-refractivity contribution is 6.27. The van der Waals surface area contributed by atoms with Crippen LogP contribution in [0.4, 0.5) is 0 Å². The van der Waals surface area contributed by atoms with Crippen molar-refractivity contribution in [1.29, 1.82) is 0 Å². The van der Waals surface area contributed by atoms with Gasteiger partial charge in [-0.3, -0.25) is 4.79 Å². The number of Topliss-reactive ketones (excluding diaryl/α,β-unsaturated/α-hetero) is 1. The number of rotatable bonds is 9. The summed E-state index contributed by atoms with van der Waals surface area (Å²) in [4.78, 5) is 11.1. The number of carbonyl (C=O) groups excluding carboxylic acids is 1. The molecule has 0 aliphatic rings. The number of ketones is 1. The molecule has 4 heteroatoms. The molecule has 0 aliphatic carbocycles. The summed E-state index contributed by atoms with van der Waals surface area (Å²) in [6, 6.07) is 1.06. The first-order valence-electron chi connectivity index (χ1n) is 4.94. The van der Waals surface area contributed by atoms with Crippen molar-refractivity contribution in [3.8, 4) is 0 Å². The van der Waals surface area contributed by atoms with Crippen LogP contribution in [0.3, 0.4) is 0 Å². The molecule has 0 rings (SSSR count). The molecule has 0 heterocycles. The smallest absolute Gasteiger partial charge is 0.161 e. The minimum Gasteiger partial charge on any atom is -0.422 e. The third kappa shape index (κ3) is 8.16. The molecule has 0 aromatic carbocycles. The van der Waals surface area contributed by atoms with E-state index >= 15 is 0 Å². The lowest BCUT2D eigenvalue weighted by Crippen LogP contribution is -2.06. The number of ether oxygens (including phenoxy) is 1. The van der Waals surface area contributed by atoms with Crippen LogP contribution in [0.25, 0.3) is 0 Å². The molecule has 0 saturated carbocycles. The Morgan fingerprint density at radius 1 is 1.43 bits per heavy atom. The number of carbonyl (C=O) groups is 1. The summed E-state index contributed by atoms with van der Waals surface area (Å²) in [5.74, 6) is 0.177. The van der Waals surface area contributed by atoms with E-state index in [0.29, 0.717) is 25.2 Å². The first kappa shape index (κ1) is 13.5. The zero-order valence-corrected chi connectivity index (χ0v) is 10.6. The molecule has 0 saturated heterocycles. The summed E-state index contributed by atoms with van der Waals surface area (Å²) in [6.45, 7) is 6.72. The van der Waals surface area contributed by atoms with Crippen LogP contribution >= 0.6 is 0 Å². The molecule has 0 atom stereocenters. The van der Waals surface area contributed by atoms with Crippen molar-refractivity contribution >= 4 is 15.5 Å². The Bertz CT molecular complexity index is 180. The van der Waals surface area contributed by atoms with Gasteiger partial charge in [-0.25, -0.2) is 0 Å². The summed E-state index contributed by atoms with van der Waals surface area (Å²) < 4.78 is 10.2. The Hall–Kier alpha value is -0.453. The van der Waals surface area contributed by atoms with E-state index in [-0.39, 0.29) is 5.78 Å². The Balaban J connectivity index is 3.13. The van der Waals surface area contributed by atoms with E-state index in [1.54, 1.807) is 14.0 Å². The van der Waals surface area contributed by atoms with Crippen LogP contribution in [0, 0.1) is 0 Å². The predicted octanol–water partition coefficient (Wildman–Crippen LogP) is 1.08. The number of hydrogen-bond donors (Lipinski definition) is 0. The molecule has 82 valence electrons. The highest BCUT2D eigenvalue weighted by atomic mass is 28.2. The van der Waals surface area contributed by atoms with Crippen LogP contribution in [0.5, 0.6) is 0 Å². The van der Waals surface area contributed by atoms with E-state index in [0.717, 1.165) is 12.5 Å². The maximum atomic E-state index is 11.1. The fourth-order valence-corrected chi connectivity index (χ4v) is 1.93. The van der Waals surface area contributed by atoms with Crippen molar-refractivity contribution in [1.82, 2.24) is 0 Å². The predicted molar refractivity (Wildman–Crippen MR) is 60.2 cm³/mol. The second-order valence-electron chi connectivity index (χ2n) is 3.27. The molecule has 0 aliphatic heterocycles. The van der Waals surface area contributed by atoms with Gasteiger partial charge in [-0.2, -0.15) is 0 Å². The van der Waals surface area contributed by atoms with Crippen molar-refractivity contribution in [2.45, 2.75) is 25.8 Å². The third-order valence-electron chi connectivity index (χ3n) is 1.85. The largest absolute Gasteiger partial charge is 0.422 e. The maximum absolute atomic E-state index is 11.1. The van der Waals surface area contributed by atoms with Gasteiger partial charge in [0.1, 0.15) is 0 Å². The molecular formula is C10H20O3Si. The van der Waals surface area contributed by atoms with Gasteiger partial charge in [0.15, 0.2) is 15.5 Å². The Kier molecular flexibility index (Phi) is 8.82. The van der Waals surface area contributed by atoms with Crippen molar-refractivity contribution in [3.05, 3.63) is 12.2 Å². The molecule has 0 unspecified atom stereocenters. The highest BCUT2D eigenvalue weighted by Gasteiger charge is 2.01. The first-order valence-corrected chi connectivity index (χ1v) is 6.51. The molecule has 14 heavy (non-hydrogen) atoms. The molecule has 0 radical (unpaired) electrons. The zero-order chi connectivity index (χ0) is 10.8. The molecule has 0 amide bonds. The van der Waals surface area contributed by atoms with Gasteiger partial charge in [0, 0.05) is 13.5 Å². The normalized spacial score (nSPS) is 11.0.